The molecule has 0 aromatic heterocycles. The lowest BCUT2D eigenvalue weighted by Crippen LogP contribution is -2.39. The highest BCUT2D eigenvalue weighted by Gasteiger charge is 2.48. The van der Waals surface area contributed by atoms with Gasteiger partial charge in [0.15, 0.2) is 0 Å². The summed E-state index contributed by atoms with van der Waals surface area (Å²) < 4.78 is 18.2. The van der Waals surface area contributed by atoms with E-state index in [2.05, 4.69) is 13.8 Å². The Morgan fingerprint density at radius 2 is 2.00 bits per heavy atom. The first-order valence-corrected chi connectivity index (χ1v) is 7.39. The highest BCUT2D eigenvalue weighted by molar-refractivity contribution is 7.85. The van der Waals surface area contributed by atoms with Crippen LogP contribution >= 0.6 is 0 Å². The lowest BCUT2D eigenvalue weighted by Gasteiger charge is -2.27. The average Bonchev–Trinajstić information content (AvgIpc) is 2.34. The molecule has 1 saturated heterocycles. The van der Waals surface area contributed by atoms with Crippen molar-refractivity contribution in [1.29, 1.82) is 0 Å². The fourth-order valence-corrected chi connectivity index (χ4v) is 4.52. The fraction of sp³-hybridized carbons (Fsp3) is 1.00. The van der Waals surface area contributed by atoms with E-state index in [-0.39, 0.29) is 22.5 Å². The fourth-order valence-electron chi connectivity index (χ4n) is 2.37. The highest BCUT2D eigenvalue weighted by atomic mass is 32.2. The molecule has 0 aromatic carbocycles. The summed E-state index contributed by atoms with van der Waals surface area (Å²) in [4.78, 5) is 0. The Labute approximate surface area is 102 Å². The monoisotopic (exact) mass is 247 g/mol. The van der Waals surface area contributed by atoms with Crippen LogP contribution in [0, 0.1) is 0 Å². The standard InChI is InChI=1S/C12H25NO2S/c1-6-9(13)8-16(14)10-7-11(2,3)15-12(10,4)5/h9-10H,6-8,13H2,1-5H3. The van der Waals surface area contributed by atoms with E-state index >= 15 is 0 Å². The Kier molecular flexibility index (Phi) is 4.19. The van der Waals surface area contributed by atoms with E-state index in [1.54, 1.807) is 0 Å². The van der Waals surface area contributed by atoms with Crippen LogP contribution in [0.2, 0.25) is 0 Å². The summed E-state index contributed by atoms with van der Waals surface area (Å²) in [7, 11) is -0.891. The van der Waals surface area contributed by atoms with Gasteiger partial charge in [0.25, 0.3) is 0 Å². The molecule has 96 valence electrons. The molecule has 0 saturated carbocycles. The molecule has 1 aliphatic rings. The van der Waals surface area contributed by atoms with Gasteiger partial charge in [-0.2, -0.15) is 0 Å². The van der Waals surface area contributed by atoms with Gasteiger partial charge in [-0.15, -0.1) is 0 Å². The minimum Gasteiger partial charge on any atom is -0.368 e. The number of hydrogen-bond donors (Lipinski definition) is 1. The van der Waals surface area contributed by atoms with E-state index in [1.165, 1.54) is 0 Å². The van der Waals surface area contributed by atoms with Gasteiger partial charge in [-0.1, -0.05) is 6.92 Å². The zero-order valence-electron chi connectivity index (χ0n) is 11.1. The second kappa shape index (κ2) is 4.75. The van der Waals surface area contributed by atoms with Crippen molar-refractivity contribution < 1.29 is 8.95 Å². The van der Waals surface area contributed by atoms with Gasteiger partial charge in [0.2, 0.25) is 0 Å². The number of rotatable bonds is 4. The molecule has 0 bridgehead atoms. The van der Waals surface area contributed by atoms with E-state index in [0.29, 0.717) is 5.75 Å². The predicted octanol–water partition coefficient (Wildman–Crippen LogP) is 1.82. The highest BCUT2D eigenvalue weighted by Crippen LogP contribution is 2.40. The van der Waals surface area contributed by atoms with Crippen LogP contribution in [0.15, 0.2) is 0 Å². The molecule has 3 atom stereocenters. The molecule has 3 unspecified atom stereocenters. The number of ether oxygens (including phenoxy) is 1. The summed E-state index contributed by atoms with van der Waals surface area (Å²) in [5.74, 6) is 0.587. The van der Waals surface area contributed by atoms with E-state index in [4.69, 9.17) is 10.5 Å². The lowest BCUT2D eigenvalue weighted by atomic mass is 10.0. The van der Waals surface area contributed by atoms with Gasteiger partial charge >= 0.3 is 0 Å². The second-order valence-electron chi connectivity index (χ2n) is 5.87. The molecule has 1 heterocycles. The van der Waals surface area contributed by atoms with Crippen LogP contribution in [0.5, 0.6) is 0 Å². The molecule has 4 heteroatoms. The lowest BCUT2D eigenvalue weighted by molar-refractivity contribution is -0.0633. The van der Waals surface area contributed by atoms with E-state index in [0.717, 1.165) is 12.8 Å². The Morgan fingerprint density at radius 1 is 1.44 bits per heavy atom. The maximum Gasteiger partial charge on any atom is 0.0777 e. The topological polar surface area (TPSA) is 52.3 Å². The maximum absolute atomic E-state index is 12.3. The Morgan fingerprint density at radius 3 is 2.38 bits per heavy atom. The predicted molar refractivity (Wildman–Crippen MR) is 68.9 cm³/mol. The largest absolute Gasteiger partial charge is 0.368 e. The van der Waals surface area contributed by atoms with Crippen LogP contribution in [0.3, 0.4) is 0 Å². The number of hydrogen-bond acceptors (Lipinski definition) is 3. The molecule has 1 aliphatic heterocycles. The molecular formula is C12H25NO2S. The molecule has 0 aliphatic carbocycles. The zero-order chi connectivity index (χ0) is 12.6. The van der Waals surface area contributed by atoms with Gasteiger partial charge in [0.05, 0.1) is 16.5 Å². The Balaban J connectivity index is 2.70. The van der Waals surface area contributed by atoms with Crippen LogP contribution in [0.4, 0.5) is 0 Å². The maximum atomic E-state index is 12.3. The minimum atomic E-state index is -0.891. The van der Waals surface area contributed by atoms with E-state index < -0.39 is 10.8 Å². The van der Waals surface area contributed by atoms with Gasteiger partial charge in [-0.05, 0) is 40.5 Å². The summed E-state index contributed by atoms with van der Waals surface area (Å²) in [6.07, 6.45) is 1.73. The first kappa shape index (κ1) is 14.1. The summed E-state index contributed by atoms with van der Waals surface area (Å²) in [6, 6.07) is 0.0420. The smallest absolute Gasteiger partial charge is 0.0777 e. The van der Waals surface area contributed by atoms with Crippen LogP contribution in [-0.2, 0) is 15.5 Å². The van der Waals surface area contributed by atoms with E-state index in [9.17, 15) is 4.21 Å². The van der Waals surface area contributed by atoms with Crippen molar-refractivity contribution in [1.82, 2.24) is 0 Å². The average molecular weight is 247 g/mol. The molecule has 1 fully saturated rings. The third kappa shape index (κ3) is 3.28. The van der Waals surface area contributed by atoms with Crippen LogP contribution in [0.25, 0.3) is 0 Å². The third-order valence-electron chi connectivity index (χ3n) is 3.21. The summed E-state index contributed by atoms with van der Waals surface area (Å²) >= 11 is 0. The normalized spacial score (nSPS) is 31.2. The van der Waals surface area contributed by atoms with Crippen molar-refractivity contribution in [3.63, 3.8) is 0 Å². The molecule has 0 amide bonds. The molecule has 0 aromatic rings. The Hall–Kier alpha value is 0.0700. The summed E-state index contributed by atoms with van der Waals surface area (Å²) in [5.41, 5.74) is 5.39. The Bertz CT molecular complexity index is 276. The second-order valence-corrected chi connectivity index (χ2v) is 7.54. The first-order valence-electron chi connectivity index (χ1n) is 6.01. The molecule has 2 N–H and O–H groups in total. The first-order chi connectivity index (χ1) is 7.18. The van der Waals surface area contributed by atoms with Gasteiger partial charge in [0, 0.05) is 22.6 Å². The van der Waals surface area contributed by atoms with Crippen molar-refractivity contribution in [3.8, 4) is 0 Å². The van der Waals surface area contributed by atoms with Gasteiger partial charge < -0.3 is 10.5 Å². The van der Waals surface area contributed by atoms with Crippen molar-refractivity contribution >= 4 is 10.8 Å². The zero-order valence-corrected chi connectivity index (χ0v) is 11.9. The van der Waals surface area contributed by atoms with Crippen LogP contribution in [0.1, 0.15) is 47.5 Å². The quantitative estimate of drug-likeness (QED) is 0.824. The van der Waals surface area contributed by atoms with Gasteiger partial charge in [0.1, 0.15) is 0 Å². The SMILES string of the molecule is CCC(N)CS(=O)C1CC(C)(C)OC1(C)C. The van der Waals surface area contributed by atoms with Crippen LogP contribution in [-0.4, -0.2) is 32.5 Å². The molecule has 0 radical (unpaired) electrons. The number of nitrogens with two attached hydrogens (primary N) is 1. The van der Waals surface area contributed by atoms with Gasteiger partial charge in [-0.25, -0.2) is 0 Å². The van der Waals surface area contributed by atoms with Crippen molar-refractivity contribution in [2.45, 2.75) is 70.0 Å². The molecule has 16 heavy (non-hydrogen) atoms. The van der Waals surface area contributed by atoms with Crippen molar-refractivity contribution in [2.24, 2.45) is 5.73 Å². The molecular weight excluding hydrogens is 222 g/mol. The summed E-state index contributed by atoms with van der Waals surface area (Å²) in [5, 5.41) is 0.0973. The molecule has 1 rings (SSSR count). The van der Waals surface area contributed by atoms with Crippen LogP contribution < -0.4 is 5.73 Å². The molecule has 3 nitrogen and oxygen atoms in total. The van der Waals surface area contributed by atoms with Crippen molar-refractivity contribution in [3.05, 3.63) is 0 Å². The van der Waals surface area contributed by atoms with Crippen molar-refractivity contribution in [2.75, 3.05) is 5.75 Å². The van der Waals surface area contributed by atoms with E-state index in [1.807, 2.05) is 20.8 Å². The molecule has 0 spiro atoms. The van der Waals surface area contributed by atoms with Gasteiger partial charge in [-0.3, -0.25) is 4.21 Å². The minimum absolute atomic E-state index is 0.0420. The summed E-state index contributed by atoms with van der Waals surface area (Å²) in [6.45, 7) is 10.2. The third-order valence-corrected chi connectivity index (χ3v) is 5.34.